The highest BCUT2D eigenvalue weighted by molar-refractivity contribution is 14.1. The van der Waals surface area contributed by atoms with Crippen LogP contribution in [0.1, 0.15) is 0 Å². The summed E-state index contributed by atoms with van der Waals surface area (Å²) in [6.07, 6.45) is 0.611. The van der Waals surface area contributed by atoms with Crippen LogP contribution in [0.15, 0.2) is 0 Å². The quantitative estimate of drug-likeness (QED) is 0.311. The van der Waals surface area contributed by atoms with E-state index in [1.807, 2.05) is 0 Å². The molecule has 4 heteroatoms. The smallest absolute Gasteiger partial charge is 0.207 e. The maximum Gasteiger partial charge on any atom is 0.207 e. The number of nitrogens with one attached hydrogen (secondary N) is 1. The van der Waals surface area contributed by atoms with Crippen LogP contribution < -0.4 is 5.32 Å². The second kappa shape index (κ2) is 6.00. The molecule has 42 valence electrons. The van der Waals surface area contributed by atoms with Crippen molar-refractivity contribution in [2.45, 2.75) is 0 Å². The van der Waals surface area contributed by atoms with Crippen molar-refractivity contribution in [3.63, 3.8) is 0 Å². The lowest BCUT2D eigenvalue weighted by Gasteiger charge is -1.84. The Morgan fingerprint density at radius 2 is 2.43 bits per heavy atom. The summed E-state index contributed by atoms with van der Waals surface area (Å²) in [6.45, 7) is 0.556. The van der Waals surface area contributed by atoms with Gasteiger partial charge in [0.05, 0.1) is 0 Å². The molecular formula is C3H6INO2. The number of carbonyl (C=O) groups excluding carboxylic acids is 1. The van der Waals surface area contributed by atoms with Crippen LogP contribution in [0.2, 0.25) is 0 Å². The number of halogens is 1. The number of hydrogen-bond donors (Lipinski definition) is 1. The van der Waals surface area contributed by atoms with Crippen LogP contribution in [0.5, 0.6) is 0 Å². The number of hydrogen-bond acceptors (Lipinski definition) is 2. The highest BCUT2D eigenvalue weighted by Gasteiger charge is 1.77. The molecule has 3 nitrogen and oxygen atoms in total. The van der Waals surface area contributed by atoms with Crippen molar-refractivity contribution < 1.29 is 7.86 Å². The molecule has 0 spiro atoms. The topological polar surface area (TPSA) is 46.2 Å². The highest BCUT2D eigenvalue weighted by atomic mass is 127. The van der Waals surface area contributed by atoms with E-state index in [4.69, 9.17) is 0 Å². The van der Waals surface area contributed by atoms with Crippen molar-refractivity contribution in [3.05, 3.63) is 0 Å². The summed E-state index contributed by atoms with van der Waals surface area (Å²) < 4.78 is 10.4. The first-order valence-corrected chi connectivity index (χ1v) is 4.21. The summed E-state index contributed by atoms with van der Waals surface area (Å²) in [6, 6.07) is 0. The van der Waals surface area contributed by atoms with Crippen molar-refractivity contribution in [3.8, 4) is 0 Å². The van der Waals surface area contributed by atoms with Gasteiger partial charge in [-0.05, 0) is 0 Å². The van der Waals surface area contributed by atoms with Gasteiger partial charge in [-0.15, -0.1) is 0 Å². The van der Waals surface area contributed by atoms with Gasteiger partial charge < -0.3 is 5.32 Å². The van der Waals surface area contributed by atoms with Crippen molar-refractivity contribution in [1.82, 2.24) is 5.32 Å². The molecule has 0 radical (unpaired) electrons. The van der Waals surface area contributed by atoms with Gasteiger partial charge in [-0.25, -0.2) is 0 Å². The van der Waals surface area contributed by atoms with Crippen molar-refractivity contribution >= 4 is 27.6 Å². The Labute approximate surface area is 52.1 Å². The molecule has 1 amide bonds. The lowest BCUT2D eigenvalue weighted by atomic mass is 10.8. The molecule has 0 bridgehead atoms. The van der Waals surface area contributed by atoms with Crippen LogP contribution in [0.3, 0.4) is 0 Å². The largest absolute Gasteiger partial charge is 0.358 e. The zero-order valence-electron chi connectivity index (χ0n) is 3.69. The molecule has 0 aliphatic heterocycles. The Kier molecular flexibility index (Phi) is 6.00. The second-order valence-corrected chi connectivity index (χ2v) is 2.57. The summed E-state index contributed by atoms with van der Waals surface area (Å²) in [5.41, 5.74) is 0. The molecule has 0 aromatic heterocycles. The lowest BCUT2D eigenvalue weighted by molar-refractivity contribution is -0.109. The normalized spacial score (nSPS) is 8.00. The average molecular weight is 215 g/mol. The van der Waals surface area contributed by atoms with E-state index in [9.17, 15) is 7.86 Å². The zero-order chi connectivity index (χ0) is 5.54. The van der Waals surface area contributed by atoms with Crippen molar-refractivity contribution in [1.29, 1.82) is 0 Å². The molecule has 0 unspecified atom stereocenters. The molecule has 0 aliphatic carbocycles. The predicted molar refractivity (Wildman–Crippen MR) is 33.6 cm³/mol. The lowest BCUT2D eigenvalue weighted by Crippen LogP contribution is -2.12. The number of amides is 1. The van der Waals surface area contributed by atoms with E-state index in [1.54, 1.807) is 0 Å². The van der Waals surface area contributed by atoms with Crippen molar-refractivity contribution in [2.24, 2.45) is 0 Å². The highest BCUT2D eigenvalue weighted by Crippen LogP contribution is 1.85. The van der Waals surface area contributed by atoms with E-state index in [0.29, 0.717) is 17.4 Å². The fraction of sp³-hybridized carbons (Fsp3) is 0.667. The Bertz CT molecular complexity index is 58.0. The molecule has 0 aromatic rings. The van der Waals surface area contributed by atoms with Crippen LogP contribution >= 0.6 is 21.2 Å². The van der Waals surface area contributed by atoms with E-state index in [2.05, 4.69) is 5.32 Å². The van der Waals surface area contributed by atoms with Gasteiger partial charge in [-0.2, -0.15) is 0 Å². The van der Waals surface area contributed by atoms with Gasteiger partial charge in [0, 0.05) is 11.0 Å². The molecule has 7 heavy (non-hydrogen) atoms. The van der Waals surface area contributed by atoms with Gasteiger partial charge >= 0.3 is 0 Å². The molecule has 0 atom stereocenters. The van der Waals surface area contributed by atoms with Crippen LogP contribution in [0.25, 0.3) is 0 Å². The molecule has 0 rings (SSSR count). The van der Waals surface area contributed by atoms with Gasteiger partial charge in [0.15, 0.2) is 0 Å². The molecule has 0 heterocycles. The van der Waals surface area contributed by atoms with Gasteiger partial charge in [-0.1, -0.05) is 0 Å². The van der Waals surface area contributed by atoms with E-state index in [-0.39, 0.29) is 0 Å². The minimum Gasteiger partial charge on any atom is -0.358 e. The maximum absolute atomic E-state index is 9.76. The summed E-state index contributed by atoms with van der Waals surface area (Å²) in [4.78, 5) is 9.48. The van der Waals surface area contributed by atoms with Gasteiger partial charge in [0.2, 0.25) is 6.41 Å². The number of alkyl halides is 1. The monoisotopic (exact) mass is 215 g/mol. The van der Waals surface area contributed by atoms with E-state index >= 15 is 0 Å². The summed E-state index contributed by atoms with van der Waals surface area (Å²) in [5.74, 6) is 0. The molecule has 0 aromatic carbocycles. The van der Waals surface area contributed by atoms with Crippen LogP contribution in [-0.4, -0.2) is 17.4 Å². The Hall–Kier alpha value is -0.0000000000000000555. The first-order chi connectivity index (χ1) is 3.41. The first-order valence-electron chi connectivity index (χ1n) is 1.80. The van der Waals surface area contributed by atoms with Gasteiger partial charge in [-0.3, -0.25) is 7.86 Å². The fourth-order valence-corrected chi connectivity index (χ4v) is 0.684. The minimum absolute atomic E-state index is 0.556. The van der Waals surface area contributed by atoms with Crippen LogP contribution in [0.4, 0.5) is 0 Å². The molecule has 0 fully saturated rings. The Morgan fingerprint density at radius 3 is 2.86 bits per heavy atom. The molecule has 0 aliphatic rings. The minimum atomic E-state index is -0.876. The van der Waals surface area contributed by atoms with Crippen LogP contribution in [-0.2, 0) is 7.86 Å². The van der Waals surface area contributed by atoms with E-state index in [1.165, 1.54) is 0 Å². The fourth-order valence-electron chi connectivity index (χ4n) is 0.152. The average Bonchev–Trinajstić information content (AvgIpc) is 1.69. The predicted octanol–water partition coefficient (Wildman–Crippen LogP) is 0.0486. The van der Waals surface area contributed by atoms with Crippen LogP contribution in [0, 0.1) is 0 Å². The standard InChI is InChI=1S/C3H6INO2/c6-3-5-2-1-4-7/h3H,1-2H2,(H,5,6). The zero-order valence-corrected chi connectivity index (χ0v) is 5.84. The number of carbonyl (C=O) groups is 1. The second-order valence-electron chi connectivity index (χ2n) is 0.870. The van der Waals surface area contributed by atoms with Crippen molar-refractivity contribution in [2.75, 3.05) is 11.0 Å². The summed E-state index contributed by atoms with van der Waals surface area (Å²) >= 11 is -0.876. The SMILES string of the molecule is O=CNCCI=O. The molecule has 1 N–H and O–H groups in total. The Balaban J connectivity index is 2.68. The molecular weight excluding hydrogens is 209 g/mol. The van der Waals surface area contributed by atoms with E-state index in [0.717, 1.165) is 0 Å². The summed E-state index contributed by atoms with van der Waals surface area (Å²) in [7, 11) is 0. The number of rotatable bonds is 4. The van der Waals surface area contributed by atoms with Gasteiger partial charge in [0.25, 0.3) is 0 Å². The van der Waals surface area contributed by atoms with Gasteiger partial charge in [0.1, 0.15) is 21.2 Å². The summed E-state index contributed by atoms with van der Waals surface area (Å²) in [5, 5.41) is 2.40. The third-order valence-corrected chi connectivity index (χ3v) is 1.38. The first kappa shape index (κ1) is 7.00. The third-order valence-electron chi connectivity index (χ3n) is 0.399. The maximum atomic E-state index is 9.76. The third kappa shape index (κ3) is 6.00. The molecule has 0 saturated carbocycles. The Morgan fingerprint density at radius 1 is 1.71 bits per heavy atom. The molecule has 0 saturated heterocycles. The van der Waals surface area contributed by atoms with E-state index < -0.39 is 21.2 Å².